The number of hydrogen-bond donors (Lipinski definition) is 1. The summed E-state index contributed by atoms with van der Waals surface area (Å²) in [7, 11) is 0. The van der Waals surface area contributed by atoms with Crippen LogP contribution in [-0.2, 0) is 0 Å². The van der Waals surface area contributed by atoms with Crippen molar-refractivity contribution in [3.05, 3.63) is 48.0 Å². The Balaban J connectivity index is 1.79. The second kappa shape index (κ2) is 5.05. The van der Waals surface area contributed by atoms with Gasteiger partial charge in [0.1, 0.15) is 5.82 Å². The summed E-state index contributed by atoms with van der Waals surface area (Å²) in [6, 6.07) is 7.66. The Labute approximate surface area is 115 Å². The number of nitrogens with two attached hydrogens (primary N) is 1. The highest BCUT2D eigenvalue weighted by molar-refractivity contribution is 5.92. The molecule has 0 spiro atoms. The lowest BCUT2D eigenvalue weighted by molar-refractivity contribution is 0.0784. The van der Waals surface area contributed by atoms with Gasteiger partial charge in [0, 0.05) is 25.3 Å². The van der Waals surface area contributed by atoms with Gasteiger partial charge in [0.15, 0.2) is 5.69 Å². The molecule has 2 N–H and O–H groups in total. The van der Waals surface area contributed by atoms with Gasteiger partial charge in [-0.05, 0) is 36.8 Å². The number of amides is 1. The molecular formula is C14H15FN4O. The van der Waals surface area contributed by atoms with Crippen molar-refractivity contribution in [2.24, 2.45) is 5.73 Å². The Morgan fingerprint density at radius 2 is 2.05 bits per heavy atom. The maximum atomic E-state index is 12.9. The summed E-state index contributed by atoms with van der Waals surface area (Å²) in [5.41, 5.74) is 6.89. The van der Waals surface area contributed by atoms with E-state index in [9.17, 15) is 9.18 Å². The van der Waals surface area contributed by atoms with Crippen LogP contribution in [0, 0.1) is 5.82 Å². The molecule has 1 atom stereocenters. The largest absolute Gasteiger partial charge is 0.336 e. The molecule has 3 rings (SSSR count). The standard InChI is InChI=1S/C14H15FN4O/c15-10-1-3-12(4-2-10)19-8-6-13(17-19)14(20)18-7-5-11(16)9-18/h1-4,6,8,11H,5,7,9,16H2/t11-/m1/s1. The zero-order valence-corrected chi connectivity index (χ0v) is 10.9. The highest BCUT2D eigenvalue weighted by atomic mass is 19.1. The van der Waals surface area contributed by atoms with E-state index in [0.29, 0.717) is 24.5 Å². The van der Waals surface area contributed by atoms with Gasteiger partial charge in [0.25, 0.3) is 5.91 Å². The number of rotatable bonds is 2. The van der Waals surface area contributed by atoms with E-state index in [1.807, 2.05) is 0 Å². The molecule has 0 bridgehead atoms. The molecule has 0 unspecified atom stereocenters. The molecule has 1 aliphatic heterocycles. The van der Waals surface area contributed by atoms with Crippen LogP contribution in [0.15, 0.2) is 36.5 Å². The van der Waals surface area contributed by atoms with Crippen LogP contribution in [0.2, 0.25) is 0 Å². The molecule has 1 amide bonds. The first-order valence-electron chi connectivity index (χ1n) is 6.50. The first-order chi connectivity index (χ1) is 9.63. The molecule has 20 heavy (non-hydrogen) atoms. The molecule has 104 valence electrons. The van der Waals surface area contributed by atoms with Gasteiger partial charge in [-0.15, -0.1) is 0 Å². The van der Waals surface area contributed by atoms with Gasteiger partial charge in [-0.3, -0.25) is 4.79 Å². The van der Waals surface area contributed by atoms with Crippen LogP contribution < -0.4 is 5.73 Å². The van der Waals surface area contributed by atoms with Gasteiger partial charge in [0.2, 0.25) is 0 Å². The van der Waals surface area contributed by atoms with E-state index in [0.717, 1.165) is 6.42 Å². The minimum absolute atomic E-state index is 0.0538. The number of nitrogens with zero attached hydrogens (tertiary/aromatic N) is 3. The predicted octanol–water partition coefficient (Wildman–Crippen LogP) is 1.18. The van der Waals surface area contributed by atoms with E-state index < -0.39 is 0 Å². The molecule has 0 aliphatic carbocycles. The number of benzene rings is 1. The van der Waals surface area contributed by atoms with Crippen LogP contribution in [0.5, 0.6) is 0 Å². The van der Waals surface area contributed by atoms with Crippen molar-refractivity contribution in [2.45, 2.75) is 12.5 Å². The normalized spacial score (nSPS) is 18.5. The zero-order chi connectivity index (χ0) is 14.1. The Kier molecular flexibility index (Phi) is 3.23. The average Bonchev–Trinajstić information content (AvgIpc) is 3.08. The third kappa shape index (κ3) is 2.42. The average molecular weight is 274 g/mol. The van der Waals surface area contributed by atoms with Crippen molar-refractivity contribution in [2.75, 3.05) is 13.1 Å². The van der Waals surface area contributed by atoms with E-state index in [1.54, 1.807) is 34.0 Å². The predicted molar refractivity (Wildman–Crippen MR) is 72.0 cm³/mol. The molecule has 0 radical (unpaired) electrons. The number of hydrogen-bond acceptors (Lipinski definition) is 3. The maximum absolute atomic E-state index is 12.9. The molecule has 1 aromatic carbocycles. The van der Waals surface area contributed by atoms with E-state index in [1.165, 1.54) is 12.1 Å². The molecule has 1 fully saturated rings. The lowest BCUT2D eigenvalue weighted by Gasteiger charge is -2.13. The van der Waals surface area contributed by atoms with Gasteiger partial charge < -0.3 is 10.6 Å². The molecular weight excluding hydrogens is 259 g/mol. The number of halogens is 1. The van der Waals surface area contributed by atoms with Crippen molar-refractivity contribution in [3.63, 3.8) is 0 Å². The van der Waals surface area contributed by atoms with Crippen LogP contribution in [0.3, 0.4) is 0 Å². The molecule has 0 saturated carbocycles. The molecule has 6 heteroatoms. The molecule has 1 saturated heterocycles. The number of carbonyl (C=O) groups excluding carboxylic acids is 1. The van der Waals surface area contributed by atoms with E-state index in [-0.39, 0.29) is 17.8 Å². The Morgan fingerprint density at radius 3 is 2.70 bits per heavy atom. The monoisotopic (exact) mass is 274 g/mol. The van der Waals surface area contributed by atoms with Crippen LogP contribution >= 0.6 is 0 Å². The Morgan fingerprint density at radius 1 is 1.30 bits per heavy atom. The summed E-state index contributed by atoms with van der Waals surface area (Å²) in [6.45, 7) is 1.24. The molecule has 5 nitrogen and oxygen atoms in total. The Hall–Kier alpha value is -2.21. The number of carbonyl (C=O) groups is 1. The summed E-state index contributed by atoms with van der Waals surface area (Å²) in [4.78, 5) is 13.9. The highest BCUT2D eigenvalue weighted by Gasteiger charge is 2.25. The Bertz CT molecular complexity index is 622. The van der Waals surface area contributed by atoms with E-state index in [2.05, 4.69) is 5.10 Å². The van der Waals surface area contributed by atoms with Gasteiger partial charge in [-0.1, -0.05) is 0 Å². The van der Waals surface area contributed by atoms with Crippen molar-refractivity contribution in [1.82, 2.24) is 14.7 Å². The third-order valence-corrected chi connectivity index (χ3v) is 3.41. The summed E-state index contributed by atoms with van der Waals surface area (Å²) < 4.78 is 14.4. The molecule has 2 heterocycles. The smallest absolute Gasteiger partial charge is 0.274 e. The third-order valence-electron chi connectivity index (χ3n) is 3.41. The second-order valence-electron chi connectivity index (χ2n) is 4.92. The lowest BCUT2D eigenvalue weighted by atomic mass is 10.3. The van der Waals surface area contributed by atoms with E-state index >= 15 is 0 Å². The first-order valence-corrected chi connectivity index (χ1v) is 6.50. The lowest BCUT2D eigenvalue weighted by Crippen LogP contribution is -2.32. The van der Waals surface area contributed by atoms with Crippen molar-refractivity contribution < 1.29 is 9.18 Å². The van der Waals surface area contributed by atoms with Gasteiger partial charge in [-0.2, -0.15) is 5.10 Å². The fraction of sp³-hybridized carbons (Fsp3) is 0.286. The quantitative estimate of drug-likeness (QED) is 0.894. The van der Waals surface area contributed by atoms with Crippen LogP contribution in [0.1, 0.15) is 16.9 Å². The van der Waals surface area contributed by atoms with Crippen molar-refractivity contribution in [1.29, 1.82) is 0 Å². The summed E-state index contributed by atoms with van der Waals surface area (Å²) >= 11 is 0. The summed E-state index contributed by atoms with van der Waals surface area (Å²) in [5, 5.41) is 4.24. The maximum Gasteiger partial charge on any atom is 0.274 e. The second-order valence-corrected chi connectivity index (χ2v) is 4.92. The fourth-order valence-electron chi connectivity index (χ4n) is 2.31. The fourth-order valence-corrected chi connectivity index (χ4v) is 2.31. The van der Waals surface area contributed by atoms with Gasteiger partial charge in [0.05, 0.1) is 5.69 Å². The summed E-state index contributed by atoms with van der Waals surface area (Å²) in [6.07, 6.45) is 2.51. The van der Waals surface area contributed by atoms with Crippen LogP contribution in [0.25, 0.3) is 5.69 Å². The molecule has 1 aromatic heterocycles. The van der Waals surface area contributed by atoms with E-state index in [4.69, 9.17) is 5.73 Å². The summed E-state index contributed by atoms with van der Waals surface area (Å²) in [5.74, 6) is -0.415. The minimum Gasteiger partial charge on any atom is -0.336 e. The zero-order valence-electron chi connectivity index (χ0n) is 10.9. The van der Waals surface area contributed by atoms with Gasteiger partial charge in [-0.25, -0.2) is 9.07 Å². The first kappa shape index (κ1) is 12.8. The topological polar surface area (TPSA) is 64.2 Å². The number of likely N-dealkylation sites (tertiary alicyclic amines) is 1. The minimum atomic E-state index is -0.303. The van der Waals surface area contributed by atoms with Gasteiger partial charge >= 0.3 is 0 Å². The van der Waals surface area contributed by atoms with Crippen molar-refractivity contribution in [3.8, 4) is 5.69 Å². The SMILES string of the molecule is N[C@@H]1CCN(C(=O)c2ccn(-c3ccc(F)cc3)n2)C1. The number of aromatic nitrogens is 2. The van der Waals surface area contributed by atoms with Crippen molar-refractivity contribution >= 4 is 5.91 Å². The van der Waals surface area contributed by atoms with Crippen LogP contribution in [-0.4, -0.2) is 39.7 Å². The highest BCUT2D eigenvalue weighted by Crippen LogP contribution is 2.13. The van der Waals surface area contributed by atoms with Crippen LogP contribution in [0.4, 0.5) is 4.39 Å². The molecule has 2 aromatic rings. The molecule has 1 aliphatic rings.